The fraction of sp³-hybridized carbons (Fsp3) is 0.152. The van der Waals surface area contributed by atoms with Crippen LogP contribution in [0.25, 0.3) is 0 Å². The third-order valence-corrected chi connectivity index (χ3v) is 6.48. The van der Waals surface area contributed by atoms with Crippen LogP contribution in [0.3, 0.4) is 0 Å². The van der Waals surface area contributed by atoms with Crippen molar-refractivity contribution < 1.29 is 14.3 Å². The van der Waals surface area contributed by atoms with Gasteiger partial charge in [0.1, 0.15) is 18.1 Å². The van der Waals surface area contributed by atoms with E-state index < -0.39 is 12.0 Å². The highest BCUT2D eigenvalue weighted by molar-refractivity contribution is 5.92. The van der Waals surface area contributed by atoms with Crippen molar-refractivity contribution in [1.29, 1.82) is 5.26 Å². The fourth-order valence-corrected chi connectivity index (χ4v) is 4.44. The van der Waals surface area contributed by atoms with Gasteiger partial charge in [-0.3, -0.25) is 14.9 Å². The van der Waals surface area contributed by atoms with Crippen LogP contribution in [0.2, 0.25) is 0 Å². The average Bonchev–Trinajstić information content (AvgIpc) is 3.01. The molecule has 4 aromatic rings. The second-order valence-electron chi connectivity index (χ2n) is 9.27. The molecule has 206 valence electrons. The topological polar surface area (TPSA) is 116 Å². The van der Waals surface area contributed by atoms with Crippen LogP contribution < -0.4 is 20.7 Å². The van der Waals surface area contributed by atoms with Gasteiger partial charge in [0.2, 0.25) is 11.8 Å². The number of nitrogens with one attached hydrogen (secondary N) is 3. The summed E-state index contributed by atoms with van der Waals surface area (Å²) in [4.78, 5) is 31.6. The zero-order valence-electron chi connectivity index (χ0n) is 22.7. The average molecular weight is 546 g/mol. The second-order valence-corrected chi connectivity index (χ2v) is 9.27. The van der Waals surface area contributed by atoms with E-state index in [0.717, 1.165) is 28.0 Å². The Labute approximate surface area is 239 Å². The quantitative estimate of drug-likeness (QED) is 0.104. The van der Waals surface area contributed by atoms with Crippen LogP contribution >= 0.6 is 0 Å². The van der Waals surface area contributed by atoms with Crippen molar-refractivity contribution in [3.05, 3.63) is 131 Å². The summed E-state index contributed by atoms with van der Waals surface area (Å²) in [5.74, 6) is -0.457. The minimum atomic E-state index is -0.855. The van der Waals surface area contributed by atoms with Gasteiger partial charge in [-0.15, -0.1) is 0 Å². The summed E-state index contributed by atoms with van der Waals surface area (Å²) >= 11 is 0. The third kappa shape index (κ3) is 8.28. The Morgan fingerprint density at radius 2 is 1.51 bits per heavy atom. The van der Waals surface area contributed by atoms with E-state index in [0.29, 0.717) is 12.2 Å². The highest BCUT2D eigenvalue weighted by Gasteiger charge is 2.28. The van der Waals surface area contributed by atoms with E-state index in [1.165, 1.54) is 6.34 Å². The summed E-state index contributed by atoms with van der Waals surface area (Å²) in [6.45, 7) is 0.292. The van der Waals surface area contributed by atoms with Crippen molar-refractivity contribution in [3.63, 3.8) is 0 Å². The Kier molecular flexibility index (Phi) is 10.2. The molecule has 0 aliphatic heterocycles. The molecule has 0 bridgehead atoms. The van der Waals surface area contributed by atoms with E-state index in [1.54, 1.807) is 19.4 Å². The number of nitrogens with zero attached hydrogens (tertiary/aromatic N) is 2. The molecule has 0 spiro atoms. The van der Waals surface area contributed by atoms with Crippen LogP contribution in [0, 0.1) is 11.5 Å². The number of nitriles is 1. The van der Waals surface area contributed by atoms with Gasteiger partial charge in [0.05, 0.1) is 18.7 Å². The predicted molar refractivity (Wildman–Crippen MR) is 159 cm³/mol. The number of hydrogen-bond donors (Lipinski definition) is 3. The van der Waals surface area contributed by atoms with E-state index in [-0.39, 0.29) is 18.2 Å². The zero-order chi connectivity index (χ0) is 28.9. The SMILES string of the molecule is COc1ccc(CNC(=O)C(Cc2cccc(N=CNC#N)c2)NC(=O)C(c2ccccc2)c2ccccc2)cc1. The Balaban J connectivity index is 1.58. The minimum absolute atomic E-state index is 0.242. The van der Waals surface area contributed by atoms with Gasteiger partial charge in [-0.2, -0.15) is 5.26 Å². The summed E-state index contributed by atoms with van der Waals surface area (Å²) in [6.07, 6.45) is 3.32. The summed E-state index contributed by atoms with van der Waals surface area (Å²) in [5, 5.41) is 17.0. The lowest BCUT2D eigenvalue weighted by Gasteiger charge is -2.23. The first-order valence-corrected chi connectivity index (χ1v) is 13.1. The normalized spacial score (nSPS) is 11.4. The number of amides is 2. The molecule has 0 saturated heterocycles. The van der Waals surface area contributed by atoms with E-state index >= 15 is 0 Å². The van der Waals surface area contributed by atoms with Gasteiger partial charge in [0.15, 0.2) is 6.19 Å². The Bertz CT molecular complexity index is 1460. The Morgan fingerprint density at radius 3 is 2.12 bits per heavy atom. The van der Waals surface area contributed by atoms with E-state index in [2.05, 4.69) is 20.9 Å². The maximum absolute atomic E-state index is 13.9. The first-order chi connectivity index (χ1) is 20.1. The van der Waals surface area contributed by atoms with E-state index in [4.69, 9.17) is 10.00 Å². The van der Waals surface area contributed by atoms with Crippen LogP contribution in [0.5, 0.6) is 5.75 Å². The van der Waals surface area contributed by atoms with Crippen LogP contribution in [-0.4, -0.2) is 31.3 Å². The molecule has 0 aromatic heterocycles. The lowest BCUT2D eigenvalue weighted by atomic mass is 9.90. The molecule has 0 aliphatic carbocycles. The van der Waals surface area contributed by atoms with Crippen LogP contribution in [0.1, 0.15) is 28.2 Å². The summed E-state index contributed by atoms with van der Waals surface area (Å²) in [7, 11) is 1.60. The third-order valence-electron chi connectivity index (χ3n) is 6.48. The van der Waals surface area contributed by atoms with Gasteiger partial charge in [-0.25, -0.2) is 4.99 Å². The number of ether oxygens (including phenoxy) is 1. The first-order valence-electron chi connectivity index (χ1n) is 13.1. The van der Waals surface area contributed by atoms with E-state index in [1.807, 2.05) is 103 Å². The molecule has 8 heteroatoms. The molecule has 41 heavy (non-hydrogen) atoms. The Hall–Kier alpha value is -5.42. The molecule has 3 N–H and O–H groups in total. The summed E-state index contributed by atoms with van der Waals surface area (Å²) < 4.78 is 5.21. The molecule has 4 aromatic carbocycles. The molecule has 0 fully saturated rings. The molecule has 8 nitrogen and oxygen atoms in total. The van der Waals surface area contributed by atoms with Crippen molar-refractivity contribution in [1.82, 2.24) is 16.0 Å². The molecule has 2 amide bonds. The smallest absolute Gasteiger partial charge is 0.243 e. The predicted octanol–water partition coefficient (Wildman–Crippen LogP) is 4.60. The lowest BCUT2D eigenvalue weighted by molar-refractivity contribution is -0.129. The molecular formula is C33H31N5O3. The number of aliphatic imine (C=N–C) groups is 1. The maximum atomic E-state index is 13.9. The van der Waals surface area contributed by atoms with Crippen molar-refractivity contribution in [2.24, 2.45) is 4.99 Å². The molecule has 0 aliphatic rings. The van der Waals surface area contributed by atoms with Crippen molar-refractivity contribution in [3.8, 4) is 11.9 Å². The maximum Gasteiger partial charge on any atom is 0.243 e. The van der Waals surface area contributed by atoms with Crippen molar-refractivity contribution >= 4 is 23.8 Å². The van der Waals surface area contributed by atoms with Crippen LogP contribution in [-0.2, 0) is 22.6 Å². The van der Waals surface area contributed by atoms with Crippen molar-refractivity contribution in [2.75, 3.05) is 7.11 Å². The van der Waals surface area contributed by atoms with Gasteiger partial charge < -0.3 is 15.4 Å². The monoisotopic (exact) mass is 545 g/mol. The number of carbonyl (C=O) groups excluding carboxylic acids is 2. The summed E-state index contributed by atoms with van der Waals surface area (Å²) in [5.41, 5.74) is 3.97. The lowest BCUT2D eigenvalue weighted by Crippen LogP contribution is -2.49. The molecular weight excluding hydrogens is 514 g/mol. The van der Waals surface area contributed by atoms with Gasteiger partial charge in [0, 0.05) is 13.0 Å². The molecule has 0 heterocycles. The van der Waals surface area contributed by atoms with Gasteiger partial charge in [-0.1, -0.05) is 84.9 Å². The molecule has 4 rings (SSSR count). The van der Waals surface area contributed by atoms with Crippen LogP contribution in [0.15, 0.2) is 114 Å². The number of benzene rings is 4. The minimum Gasteiger partial charge on any atom is -0.497 e. The van der Waals surface area contributed by atoms with Crippen LogP contribution in [0.4, 0.5) is 5.69 Å². The van der Waals surface area contributed by atoms with Gasteiger partial charge >= 0.3 is 0 Å². The second kappa shape index (κ2) is 14.7. The highest BCUT2D eigenvalue weighted by Crippen LogP contribution is 2.25. The fourth-order valence-electron chi connectivity index (χ4n) is 4.44. The zero-order valence-corrected chi connectivity index (χ0v) is 22.7. The highest BCUT2D eigenvalue weighted by atomic mass is 16.5. The summed E-state index contributed by atoms with van der Waals surface area (Å²) in [6, 6.07) is 32.9. The standard InChI is InChI=1S/C33H31N5O3/c1-41-29-17-15-24(16-18-29)21-36-32(39)30(20-25-9-8-14-28(19-25)37-23-35-22-34)38-33(40)31(26-10-4-2-5-11-26)27-12-6-3-7-13-27/h2-19,23,30-31H,20-21H2,1H3,(H,35,37)(H,36,39)(H,38,40). The number of rotatable bonds is 12. The van der Waals surface area contributed by atoms with E-state index in [9.17, 15) is 9.59 Å². The molecule has 0 radical (unpaired) electrons. The molecule has 0 saturated carbocycles. The number of hydrogen-bond acceptors (Lipinski definition) is 5. The van der Waals surface area contributed by atoms with Crippen molar-refractivity contribution in [2.45, 2.75) is 24.9 Å². The Morgan fingerprint density at radius 1 is 0.854 bits per heavy atom. The first kappa shape index (κ1) is 28.6. The molecule has 1 unspecified atom stereocenters. The number of carbonyl (C=O) groups is 2. The number of methoxy groups -OCH3 is 1. The largest absolute Gasteiger partial charge is 0.497 e. The van der Waals surface area contributed by atoms with Gasteiger partial charge in [0.25, 0.3) is 0 Å². The molecule has 1 atom stereocenters. The van der Waals surface area contributed by atoms with Gasteiger partial charge in [-0.05, 0) is 46.5 Å².